The number of nitriles is 1. The predicted molar refractivity (Wildman–Crippen MR) is 120 cm³/mol. The fourth-order valence-electron chi connectivity index (χ4n) is 4.38. The number of halogens is 7. The summed E-state index contributed by atoms with van der Waals surface area (Å²) in [5.74, 6) is 0.376. The normalized spacial score (nSPS) is 21.8. The van der Waals surface area contributed by atoms with E-state index < -0.39 is 34.7 Å². The number of aliphatic imine (C=N–C) groups is 1. The zero-order valence-corrected chi connectivity index (χ0v) is 19.6. The number of amidine groups is 1. The molecule has 2 aromatic carbocycles. The van der Waals surface area contributed by atoms with Gasteiger partial charge >= 0.3 is 12.4 Å². The number of alkyl halides is 7. The van der Waals surface area contributed by atoms with E-state index in [1.54, 1.807) is 11.1 Å². The molecule has 2 aromatic rings. The third-order valence-electron chi connectivity index (χ3n) is 6.31. The number of hydrogen-bond donors (Lipinski definition) is 1. The summed E-state index contributed by atoms with van der Waals surface area (Å²) in [6.07, 6.45) is -7.56. The average molecular weight is 526 g/mol. The van der Waals surface area contributed by atoms with Crippen LogP contribution in [0.1, 0.15) is 36.1 Å². The molecule has 0 spiro atoms. The maximum absolute atomic E-state index is 15.4. The summed E-state index contributed by atoms with van der Waals surface area (Å²) >= 11 is 0. The highest BCUT2D eigenvalue weighted by atomic mass is 19.4. The van der Waals surface area contributed by atoms with Crippen LogP contribution in [0.15, 0.2) is 59.6 Å². The lowest BCUT2D eigenvalue weighted by Gasteiger charge is -2.47. The maximum Gasteiger partial charge on any atom is 0.428 e. The minimum atomic E-state index is -5.09. The van der Waals surface area contributed by atoms with Crippen molar-refractivity contribution in [1.29, 1.82) is 5.26 Å². The number of hydrogen-bond acceptors (Lipinski definition) is 4. The van der Waals surface area contributed by atoms with Crippen molar-refractivity contribution >= 4 is 11.5 Å². The van der Waals surface area contributed by atoms with Crippen LogP contribution in [0.25, 0.3) is 5.70 Å². The van der Waals surface area contributed by atoms with E-state index >= 15 is 4.39 Å². The van der Waals surface area contributed by atoms with Crippen molar-refractivity contribution in [2.75, 3.05) is 13.1 Å². The molecule has 5 nitrogen and oxygen atoms in total. The Labute approximate surface area is 207 Å². The molecule has 1 unspecified atom stereocenters. The summed E-state index contributed by atoms with van der Waals surface area (Å²) in [5, 5.41) is 8.84. The first-order valence-electron chi connectivity index (χ1n) is 11.1. The van der Waals surface area contributed by atoms with Gasteiger partial charge in [0, 0.05) is 11.5 Å². The van der Waals surface area contributed by atoms with Crippen LogP contribution in [-0.4, -0.2) is 30.0 Å². The van der Waals surface area contributed by atoms with Gasteiger partial charge in [-0.1, -0.05) is 50.2 Å². The van der Waals surface area contributed by atoms with E-state index in [1.165, 1.54) is 24.3 Å². The first-order chi connectivity index (χ1) is 17.2. The maximum atomic E-state index is 15.4. The van der Waals surface area contributed by atoms with Crippen molar-refractivity contribution < 1.29 is 35.6 Å². The zero-order valence-electron chi connectivity index (χ0n) is 19.6. The molecule has 2 heterocycles. The molecule has 0 aromatic heterocycles. The molecule has 0 radical (unpaired) electrons. The lowest BCUT2D eigenvalue weighted by atomic mass is 9.86. The van der Waals surface area contributed by atoms with Crippen LogP contribution in [0, 0.1) is 17.4 Å². The number of nitrogens with one attached hydrogen (secondary N) is 1. The zero-order chi connectivity index (χ0) is 27.2. The summed E-state index contributed by atoms with van der Waals surface area (Å²) < 4.78 is 97.2. The van der Waals surface area contributed by atoms with Gasteiger partial charge in [-0.15, -0.1) is 0 Å². The van der Waals surface area contributed by atoms with E-state index in [0.29, 0.717) is 24.0 Å². The van der Waals surface area contributed by atoms with E-state index in [9.17, 15) is 26.3 Å². The summed E-state index contributed by atoms with van der Waals surface area (Å²) in [6, 6.07) is 8.48. The Morgan fingerprint density at radius 1 is 1.05 bits per heavy atom. The Hall–Kier alpha value is -3.59. The fourth-order valence-corrected chi connectivity index (χ4v) is 4.38. The molecule has 1 fully saturated rings. The minimum Gasteiger partial charge on any atom is -0.352 e. The summed E-state index contributed by atoms with van der Waals surface area (Å²) in [4.78, 5) is 10.3. The molecule has 12 heteroatoms. The van der Waals surface area contributed by atoms with Crippen LogP contribution >= 0.6 is 0 Å². The van der Waals surface area contributed by atoms with Crippen LogP contribution in [0.5, 0.6) is 0 Å². The molecule has 0 aliphatic carbocycles. The Balaban J connectivity index is 1.60. The SMILES string of the molecule is CC(C)C(=NC#N)N1CC(F)(c2ccc(C3=CC(c4cccc(C(F)(F)F)c4)(C(F)(F)F)ON3)cc2)C1. The van der Waals surface area contributed by atoms with Gasteiger partial charge < -0.3 is 4.90 Å². The number of hydroxylamine groups is 1. The number of likely N-dealkylation sites (tertiary alicyclic amines) is 1. The van der Waals surface area contributed by atoms with Gasteiger partial charge in [-0.05, 0) is 29.3 Å². The van der Waals surface area contributed by atoms with Crippen LogP contribution in [-0.2, 0) is 22.3 Å². The lowest BCUT2D eigenvalue weighted by Crippen LogP contribution is -2.59. The monoisotopic (exact) mass is 526 g/mol. The first kappa shape index (κ1) is 26.5. The molecule has 0 bridgehead atoms. The molecule has 0 saturated carbocycles. The molecule has 4 rings (SSSR count). The van der Waals surface area contributed by atoms with Gasteiger partial charge in [-0.2, -0.15) is 36.6 Å². The Kier molecular flexibility index (Phi) is 6.48. The van der Waals surface area contributed by atoms with E-state index in [2.05, 4.69) is 10.5 Å². The number of benzene rings is 2. The van der Waals surface area contributed by atoms with Gasteiger partial charge in [0.15, 0.2) is 5.67 Å². The Morgan fingerprint density at radius 3 is 2.24 bits per heavy atom. The van der Waals surface area contributed by atoms with Gasteiger partial charge in [0.25, 0.3) is 0 Å². The molecule has 1 atom stereocenters. The van der Waals surface area contributed by atoms with Crippen molar-refractivity contribution in [3.63, 3.8) is 0 Å². The molecule has 1 saturated heterocycles. The third kappa shape index (κ3) is 4.75. The van der Waals surface area contributed by atoms with Crippen molar-refractivity contribution in [2.24, 2.45) is 10.9 Å². The largest absolute Gasteiger partial charge is 0.428 e. The molecule has 196 valence electrons. The molecule has 2 aliphatic rings. The smallest absolute Gasteiger partial charge is 0.352 e. The average Bonchev–Trinajstić information content (AvgIpc) is 3.27. The quantitative estimate of drug-likeness (QED) is 0.228. The fraction of sp³-hybridized carbons (Fsp3) is 0.360. The van der Waals surface area contributed by atoms with E-state index in [0.717, 1.165) is 12.1 Å². The van der Waals surface area contributed by atoms with E-state index in [4.69, 9.17) is 10.1 Å². The minimum absolute atomic E-state index is 0.0399. The molecule has 1 N–H and O–H groups in total. The van der Waals surface area contributed by atoms with E-state index in [-0.39, 0.29) is 35.8 Å². The van der Waals surface area contributed by atoms with Crippen molar-refractivity contribution in [1.82, 2.24) is 10.4 Å². The van der Waals surface area contributed by atoms with Gasteiger partial charge in [0.1, 0.15) is 5.84 Å². The van der Waals surface area contributed by atoms with E-state index in [1.807, 2.05) is 13.8 Å². The van der Waals surface area contributed by atoms with Gasteiger partial charge in [0.05, 0.1) is 24.4 Å². The lowest BCUT2D eigenvalue weighted by molar-refractivity contribution is -0.269. The third-order valence-corrected chi connectivity index (χ3v) is 6.31. The Bertz CT molecular complexity index is 1270. The second-order valence-corrected chi connectivity index (χ2v) is 9.20. The molecule has 2 aliphatic heterocycles. The number of rotatable bonds is 4. The first-order valence-corrected chi connectivity index (χ1v) is 11.1. The van der Waals surface area contributed by atoms with Crippen LogP contribution < -0.4 is 5.48 Å². The van der Waals surface area contributed by atoms with Gasteiger partial charge in [-0.25, -0.2) is 4.39 Å². The van der Waals surface area contributed by atoms with Crippen LogP contribution in [0.2, 0.25) is 0 Å². The topological polar surface area (TPSA) is 60.7 Å². The highest BCUT2D eigenvalue weighted by Crippen LogP contribution is 2.48. The van der Waals surface area contributed by atoms with Crippen molar-refractivity contribution in [3.05, 3.63) is 76.9 Å². The summed E-state index contributed by atoms with van der Waals surface area (Å²) in [5.41, 5.74) is -4.35. The molecular weight excluding hydrogens is 505 g/mol. The second kappa shape index (κ2) is 9.06. The standard InChI is InChI=1S/C25H21F7N4O/c1-15(2)21(34-14-33)36-12-22(26,13-36)17-8-6-16(7-9-17)20-11-23(37-35-20,25(30,31)32)18-4-3-5-19(10-18)24(27,28)29/h3-11,15,35H,12-13H2,1-2H3. The predicted octanol–water partition coefficient (Wildman–Crippen LogP) is 6.05. The van der Waals surface area contributed by atoms with Crippen molar-refractivity contribution in [2.45, 2.75) is 37.5 Å². The summed E-state index contributed by atoms with van der Waals surface area (Å²) in [6.45, 7) is 3.57. The van der Waals surface area contributed by atoms with Gasteiger partial charge in [-0.3, -0.25) is 10.3 Å². The molecular formula is C25H21F7N4O. The van der Waals surface area contributed by atoms with Crippen molar-refractivity contribution in [3.8, 4) is 6.19 Å². The second-order valence-electron chi connectivity index (χ2n) is 9.20. The van der Waals surface area contributed by atoms with Gasteiger partial charge in [0.2, 0.25) is 11.8 Å². The summed E-state index contributed by atoms with van der Waals surface area (Å²) in [7, 11) is 0. The highest BCUT2D eigenvalue weighted by Gasteiger charge is 2.60. The Morgan fingerprint density at radius 2 is 1.70 bits per heavy atom. The van der Waals surface area contributed by atoms with Crippen LogP contribution in [0.4, 0.5) is 30.7 Å². The molecule has 37 heavy (non-hydrogen) atoms. The highest BCUT2D eigenvalue weighted by molar-refractivity contribution is 5.86. The number of nitrogens with zero attached hydrogens (tertiary/aromatic N) is 3. The van der Waals surface area contributed by atoms with Crippen LogP contribution in [0.3, 0.4) is 0 Å². The molecule has 0 amide bonds.